The van der Waals surface area contributed by atoms with Gasteiger partial charge in [0.15, 0.2) is 0 Å². The molecule has 6 nitrogen and oxygen atoms in total. The molecule has 0 aromatic carbocycles. The lowest BCUT2D eigenvalue weighted by atomic mass is 10.1. The number of aliphatic hydroxyl groups is 1. The minimum absolute atomic E-state index is 0.0493. The van der Waals surface area contributed by atoms with Gasteiger partial charge in [0.05, 0.1) is 10.5 Å². The van der Waals surface area contributed by atoms with E-state index in [1.54, 1.807) is 26.8 Å². The highest BCUT2D eigenvalue weighted by molar-refractivity contribution is 5.59. The van der Waals surface area contributed by atoms with Crippen molar-refractivity contribution in [3.8, 4) is 0 Å². The molecule has 0 unspecified atom stereocenters. The van der Waals surface area contributed by atoms with Crippen molar-refractivity contribution in [1.82, 2.24) is 4.98 Å². The van der Waals surface area contributed by atoms with Crippen LogP contribution >= 0.6 is 0 Å². The van der Waals surface area contributed by atoms with Crippen LogP contribution in [0, 0.1) is 17.0 Å². The summed E-state index contributed by atoms with van der Waals surface area (Å²) < 4.78 is 0. The van der Waals surface area contributed by atoms with E-state index in [9.17, 15) is 15.2 Å². The third-order valence-corrected chi connectivity index (χ3v) is 2.00. The SMILES string of the molecule is Cc1ccnc(NCC(C)(C)O)c1[N+](=O)[O-]. The summed E-state index contributed by atoms with van der Waals surface area (Å²) in [6.45, 7) is 5.07. The molecule has 16 heavy (non-hydrogen) atoms. The van der Waals surface area contributed by atoms with Crippen LogP contribution in [0.1, 0.15) is 19.4 Å². The first-order chi connectivity index (χ1) is 7.31. The minimum atomic E-state index is -0.945. The van der Waals surface area contributed by atoms with Crippen molar-refractivity contribution in [3.05, 3.63) is 27.9 Å². The van der Waals surface area contributed by atoms with Gasteiger partial charge in [-0.15, -0.1) is 0 Å². The molecule has 2 N–H and O–H groups in total. The van der Waals surface area contributed by atoms with Crippen LogP contribution in [0.3, 0.4) is 0 Å². The van der Waals surface area contributed by atoms with Gasteiger partial charge in [-0.3, -0.25) is 10.1 Å². The van der Waals surface area contributed by atoms with Crippen molar-refractivity contribution < 1.29 is 10.0 Å². The molecule has 1 aromatic rings. The Bertz CT molecular complexity index is 399. The third kappa shape index (κ3) is 3.16. The van der Waals surface area contributed by atoms with Crippen molar-refractivity contribution in [3.63, 3.8) is 0 Å². The Hall–Kier alpha value is -1.69. The van der Waals surface area contributed by atoms with Crippen LogP contribution in [0.4, 0.5) is 11.5 Å². The summed E-state index contributed by atoms with van der Waals surface area (Å²) in [4.78, 5) is 14.3. The Kier molecular flexibility index (Phi) is 3.44. The first-order valence-corrected chi connectivity index (χ1v) is 4.87. The molecule has 0 saturated carbocycles. The number of aryl methyl sites for hydroxylation is 1. The van der Waals surface area contributed by atoms with Crippen LogP contribution < -0.4 is 5.32 Å². The zero-order valence-corrected chi connectivity index (χ0v) is 9.52. The fourth-order valence-electron chi connectivity index (χ4n) is 1.21. The molecule has 1 aromatic heterocycles. The summed E-state index contributed by atoms with van der Waals surface area (Å²) in [7, 11) is 0. The maximum Gasteiger partial charge on any atom is 0.314 e. The zero-order chi connectivity index (χ0) is 12.3. The second-order valence-electron chi connectivity index (χ2n) is 4.25. The highest BCUT2D eigenvalue weighted by atomic mass is 16.6. The van der Waals surface area contributed by atoms with E-state index in [1.807, 2.05) is 0 Å². The molecule has 0 amide bonds. The molecule has 0 fully saturated rings. The molecule has 1 heterocycles. The van der Waals surface area contributed by atoms with Gasteiger partial charge >= 0.3 is 5.69 Å². The number of nitrogens with one attached hydrogen (secondary N) is 1. The average molecular weight is 225 g/mol. The van der Waals surface area contributed by atoms with Gasteiger partial charge in [-0.2, -0.15) is 0 Å². The Labute approximate surface area is 93.5 Å². The maximum atomic E-state index is 10.8. The first kappa shape index (κ1) is 12.4. The summed E-state index contributed by atoms with van der Waals surface area (Å²) in [5.41, 5.74) is -0.454. The molecule has 88 valence electrons. The Balaban J connectivity index is 2.96. The Morgan fingerprint density at radius 1 is 1.62 bits per heavy atom. The predicted molar refractivity (Wildman–Crippen MR) is 60.4 cm³/mol. The smallest absolute Gasteiger partial charge is 0.314 e. The molecule has 0 spiro atoms. The number of nitro groups is 1. The van der Waals surface area contributed by atoms with Crippen LogP contribution in [0.15, 0.2) is 12.3 Å². The highest BCUT2D eigenvalue weighted by Crippen LogP contribution is 2.25. The quantitative estimate of drug-likeness (QED) is 0.598. The highest BCUT2D eigenvalue weighted by Gasteiger charge is 2.20. The van der Waals surface area contributed by atoms with Crippen LogP contribution in [-0.4, -0.2) is 27.2 Å². The topological polar surface area (TPSA) is 88.3 Å². The van der Waals surface area contributed by atoms with Gasteiger partial charge in [-0.05, 0) is 26.8 Å². The molecule has 0 bridgehead atoms. The van der Waals surface area contributed by atoms with E-state index in [4.69, 9.17) is 0 Å². The summed E-state index contributed by atoms with van der Waals surface area (Å²) in [6.07, 6.45) is 1.50. The van der Waals surface area contributed by atoms with Crippen molar-refractivity contribution in [2.75, 3.05) is 11.9 Å². The molecule has 1 rings (SSSR count). The van der Waals surface area contributed by atoms with E-state index < -0.39 is 10.5 Å². The Morgan fingerprint density at radius 3 is 2.75 bits per heavy atom. The molecular formula is C10H15N3O3. The minimum Gasteiger partial charge on any atom is -0.389 e. The first-order valence-electron chi connectivity index (χ1n) is 4.87. The molecule has 0 radical (unpaired) electrons. The Morgan fingerprint density at radius 2 is 2.25 bits per heavy atom. The van der Waals surface area contributed by atoms with Crippen molar-refractivity contribution in [2.45, 2.75) is 26.4 Å². The van der Waals surface area contributed by atoms with Crippen molar-refractivity contribution >= 4 is 11.5 Å². The second kappa shape index (κ2) is 4.44. The number of nitrogens with zero attached hydrogens (tertiary/aromatic N) is 2. The maximum absolute atomic E-state index is 10.8. The van der Waals surface area contributed by atoms with E-state index in [0.29, 0.717) is 5.56 Å². The number of aromatic nitrogens is 1. The molecule has 0 aliphatic rings. The molecule has 0 atom stereocenters. The number of anilines is 1. The number of rotatable bonds is 4. The van der Waals surface area contributed by atoms with Gasteiger partial charge in [-0.1, -0.05) is 0 Å². The summed E-state index contributed by atoms with van der Waals surface area (Å²) in [6, 6.07) is 1.58. The van der Waals surface area contributed by atoms with Gasteiger partial charge in [0.25, 0.3) is 0 Å². The summed E-state index contributed by atoms with van der Waals surface area (Å²) >= 11 is 0. The third-order valence-electron chi connectivity index (χ3n) is 2.00. The lowest BCUT2D eigenvalue weighted by molar-refractivity contribution is -0.384. The van der Waals surface area contributed by atoms with Gasteiger partial charge in [-0.25, -0.2) is 4.98 Å². The van der Waals surface area contributed by atoms with Crippen LogP contribution in [-0.2, 0) is 0 Å². The number of pyridine rings is 1. The van der Waals surface area contributed by atoms with Crippen molar-refractivity contribution in [2.24, 2.45) is 0 Å². The van der Waals surface area contributed by atoms with Gasteiger partial charge in [0.2, 0.25) is 5.82 Å². The summed E-state index contributed by atoms with van der Waals surface area (Å²) in [5.74, 6) is 0.187. The van der Waals surface area contributed by atoms with E-state index in [2.05, 4.69) is 10.3 Å². The number of hydrogen-bond donors (Lipinski definition) is 2. The van der Waals surface area contributed by atoms with Crippen LogP contribution in [0.5, 0.6) is 0 Å². The van der Waals surface area contributed by atoms with Crippen LogP contribution in [0.2, 0.25) is 0 Å². The standard InChI is InChI=1S/C10H15N3O3/c1-7-4-5-11-9(8(7)13(15)16)12-6-10(2,3)14/h4-5,14H,6H2,1-3H3,(H,11,12). The second-order valence-corrected chi connectivity index (χ2v) is 4.25. The largest absolute Gasteiger partial charge is 0.389 e. The average Bonchev–Trinajstić information content (AvgIpc) is 2.12. The van der Waals surface area contributed by atoms with E-state index in [-0.39, 0.29) is 18.1 Å². The monoisotopic (exact) mass is 225 g/mol. The van der Waals surface area contributed by atoms with Gasteiger partial charge < -0.3 is 10.4 Å². The summed E-state index contributed by atoms with van der Waals surface area (Å²) in [5, 5.41) is 23.1. The van der Waals surface area contributed by atoms with E-state index >= 15 is 0 Å². The lowest BCUT2D eigenvalue weighted by Crippen LogP contribution is -2.29. The molecular weight excluding hydrogens is 210 g/mol. The fourth-order valence-corrected chi connectivity index (χ4v) is 1.21. The molecule has 0 aliphatic heterocycles. The zero-order valence-electron chi connectivity index (χ0n) is 9.52. The fraction of sp³-hybridized carbons (Fsp3) is 0.500. The van der Waals surface area contributed by atoms with Gasteiger partial charge in [0.1, 0.15) is 0 Å². The van der Waals surface area contributed by atoms with Gasteiger partial charge in [0, 0.05) is 18.3 Å². The number of hydrogen-bond acceptors (Lipinski definition) is 5. The van der Waals surface area contributed by atoms with E-state index in [1.165, 1.54) is 6.20 Å². The van der Waals surface area contributed by atoms with E-state index in [0.717, 1.165) is 0 Å². The predicted octanol–water partition coefficient (Wildman–Crippen LogP) is 1.48. The molecule has 0 saturated heterocycles. The van der Waals surface area contributed by atoms with Crippen LogP contribution in [0.25, 0.3) is 0 Å². The molecule has 0 aliphatic carbocycles. The normalized spacial score (nSPS) is 11.2. The molecule has 6 heteroatoms. The lowest BCUT2D eigenvalue weighted by Gasteiger charge is -2.18. The van der Waals surface area contributed by atoms with Crippen molar-refractivity contribution in [1.29, 1.82) is 0 Å².